The SMILES string of the molecule is CN=C(NCc1ncc(C(C)(C)C)o1)NCC(C1CCCCC1)N(C)C. The van der Waals surface area contributed by atoms with Crippen LogP contribution in [0, 0.1) is 5.92 Å². The fourth-order valence-electron chi connectivity index (χ4n) is 3.61. The first-order valence-corrected chi connectivity index (χ1v) is 9.87. The molecule has 1 atom stereocenters. The molecule has 1 saturated carbocycles. The van der Waals surface area contributed by atoms with Crippen molar-refractivity contribution in [1.82, 2.24) is 20.5 Å². The first-order valence-electron chi connectivity index (χ1n) is 9.87. The molecule has 0 aliphatic heterocycles. The van der Waals surface area contributed by atoms with Crippen LogP contribution in [-0.4, -0.2) is 49.6 Å². The predicted octanol–water partition coefficient (Wildman–Crippen LogP) is 3.15. The van der Waals surface area contributed by atoms with Crippen molar-refractivity contribution in [3.05, 3.63) is 17.8 Å². The molecule has 0 spiro atoms. The van der Waals surface area contributed by atoms with E-state index in [0.717, 1.165) is 24.2 Å². The van der Waals surface area contributed by atoms with Crippen LogP contribution >= 0.6 is 0 Å². The van der Waals surface area contributed by atoms with Crippen molar-refractivity contribution in [3.63, 3.8) is 0 Å². The molecule has 1 aromatic heterocycles. The first-order chi connectivity index (χ1) is 12.3. The number of hydrogen-bond acceptors (Lipinski definition) is 4. The summed E-state index contributed by atoms with van der Waals surface area (Å²) in [7, 11) is 6.16. The van der Waals surface area contributed by atoms with Crippen LogP contribution in [0.4, 0.5) is 0 Å². The molecule has 1 aliphatic rings. The number of guanidine groups is 1. The zero-order valence-electron chi connectivity index (χ0n) is 17.4. The smallest absolute Gasteiger partial charge is 0.213 e. The third-order valence-electron chi connectivity index (χ3n) is 5.26. The maximum atomic E-state index is 5.84. The summed E-state index contributed by atoms with van der Waals surface area (Å²) in [6.07, 6.45) is 8.60. The van der Waals surface area contributed by atoms with E-state index in [1.807, 2.05) is 6.20 Å². The van der Waals surface area contributed by atoms with Crippen LogP contribution in [0.15, 0.2) is 15.6 Å². The van der Waals surface area contributed by atoms with Crippen molar-refractivity contribution >= 4 is 5.96 Å². The van der Waals surface area contributed by atoms with Crippen LogP contribution in [0.3, 0.4) is 0 Å². The summed E-state index contributed by atoms with van der Waals surface area (Å²) < 4.78 is 5.84. The number of oxazole rings is 1. The Morgan fingerprint density at radius 2 is 1.96 bits per heavy atom. The topological polar surface area (TPSA) is 65.7 Å². The maximum Gasteiger partial charge on any atom is 0.213 e. The minimum Gasteiger partial charge on any atom is -0.443 e. The zero-order chi connectivity index (χ0) is 19.2. The molecule has 26 heavy (non-hydrogen) atoms. The van der Waals surface area contributed by atoms with Gasteiger partial charge in [-0.25, -0.2) is 4.98 Å². The summed E-state index contributed by atoms with van der Waals surface area (Å²) in [6, 6.07) is 0.531. The molecule has 1 heterocycles. The number of rotatable bonds is 6. The van der Waals surface area contributed by atoms with Gasteiger partial charge in [0.05, 0.1) is 12.7 Å². The summed E-state index contributed by atoms with van der Waals surface area (Å²) in [5.74, 6) is 3.16. The van der Waals surface area contributed by atoms with Gasteiger partial charge in [-0.1, -0.05) is 40.0 Å². The Bertz CT molecular complexity index is 567. The fraction of sp³-hybridized carbons (Fsp3) is 0.800. The Morgan fingerprint density at radius 3 is 2.50 bits per heavy atom. The molecule has 0 radical (unpaired) electrons. The number of nitrogens with zero attached hydrogens (tertiary/aromatic N) is 3. The normalized spacial score (nSPS) is 18.2. The highest BCUT2D eigenvalue weighted by atomic mass is 16.4. The van der Waals surface area contributed by atoms with E-state index in [0.29, 0.717) is 18.5 Å². The van der Waals surface area contributed by atoms with Crippen LogP contribution in [0.25, 0.3) is 0 Å². The lowest BCUT2D eigenvalue weighted by atomic mass is 9.83. The van der Waals surface area contributed by atoms with Crippen LogP contribution in [0.1, 0.15) is 64.5 Å². The average molecular weight is 364 g/mol. The second kappa shape index (κ2) is 9.40. The zero-order valence-corrected chi connectivity index (χ0v) is 17.4. The number of aromatic nitrogens is 1. The highest BCUT2D eigenvalue weighted by Crippen LogP contribution is 2.28. The standard InChI is InChI=1S/C20H37N5O/c1-20(2,3)17-13-22-18(26-17)14-24-19(21-4)23-12-16(25(5)6)15-10-8-7-9-11-15/h13,15-16H,7-12,14H2,1-6H3,(H2,21,23,24). The van der Waals surface area contributed by atoms with Gasteiger partial charge in [0, 0.05) is 25.0 Å². The van der Waals surface area contributed by atoms with Gasteiger partial charge in [-0.15, -0.1) is 0 Å². The highest BCUT2D eigenvalue weighted by Gasteiger charge is 2.25. The van der Waals surface area contributed by atoms with E-state index in [2.05, 4.69) is 60.4 Å². The lowest BCUT2D eigenvalue weighted by molar-refractivity contribution is 0.171. The minimum absolute atomic E-state index is 0.0237. The molecule has 1 aliphatic carbocycles. The highest BCUT2D eigenvalue weighted by molar-refractivity contribution is 5.79. The molecular formula is C20H37N5O. The summed E-state index contributed by atoms with van der Waals surface area (Å²) in [4.78, 5) is 11.1. The van der Waals surface area contributed by atoms with Crippen molar-refractivity contribution in [3.8, 4) is 0 Å². The summed E-state index contributed by atoms with van der Waals surface area (Å²) in [6.45, 7) is 7.80. The molecule has 0 amide bonds. The minimum atomic E-state index is -0.0237. The Labute approximate surface area is 158 Å². The lowest BCUT2D eigenvalue weighted by Crippen LogP contribution is -2.48. The van der Waals surface area contributed by atoms with Crippen LogP contribution in [0.2, 0.25) is 0 Å². The van der Waals surface area contributed by atoms with Gasteiger partial charge in [0.25, 0.3) is 0 Å². The first kappa shape index (κ1) is 20.7. The molecule has 1 unspecified atom stereocenters. The average Bonchev–Trinajstić information content (AvgIpc) is 3.08. The van der Waals surface area contributed by atoms with Crippen LogP contribution < -0.4 is 10.6 Å². The van der Waals surface area contributed by atoms with E-state index >= 15 is 0 Å². The molecule has 1 aromatic rings. The number of likely N-dealkylation sites (N-methyl/N-ethyl adjacent to an activating group) is 1. The quantitative estimate of drug-likeness (QED) is 0.600. The third kappa shape index (κ3) is 6.01. The summed E-state index contributed by atoms with van der Waals surface area (Å²) in [5, 5.41) is 6.80. The van der Waals surface area contributed by atoms with Gasteiger partial charge in [0.15, 0.2) is 5.96 Å². The Morgan fingerprint density at radius 1 is 1.27 bits per heavy atom. The largest absolute Gasteiger partial charge is 0.443 e. The molecule has 6 heteroatoms. The Kier molecular flexibility index (Phi) is 7.50. The molecule has 0 bridgehead atoms. The predicted molar refractivity (Wildman–Crippen MR) is 107 cm³/mol. The molecule has 0 saturated heterocycles. The third-order valence-corrected chi connectivity index (χ3v) is 5.26. The number of aliphatic imine (C=N–C) groups is 1. The number of hydrogen-bond donors (Lipinski definition) is 2. The van der Waals surface area contributed by atoms with Gasteiger partial charge in [0.2, 0.25) is 5.89 Å². The van der Waals surface area contributed by atoms with Gasteiger partial charge in [-0.2, -0.15) is 0 Å². The molecule has 2 N–H and O–H groups in total. The lowest BCUT2D eigenvalue weighted by Gasteiger charge is -2.35. The van der Waals surface area contributed by atoms with Crippen LogP contribution in [-0.2, 0) is 12.0 Å². The molecule has 148 valence electrons. The monoisotopic (exact) mass is 363 g/mol. The van der Waals surface area contributed by atoms with Gasteiger partial charge in [0.1, 0.15) is 5.76 Å². The Balaban J connectivity index is 1.85. The van der Waals surface area contributed by atoms with E-state index in [1.54, 1.807) is 7.05 Å². The van der Waals surface area contributed by atoms with E-state index < -0.39 is 0 Å². The molecule has 2 rings (SSSR count). The van der Waals surface area contributed by atoms with Crippen molar-refractivity contribution in [1.29, 1.82) is 0 Å². The van der Waals surface area contributed by atoms with Crippen molar-refractivity contribution < 1.29 is 4.42 Å². The van der Waals surface area contributed by atoms with Crippen LogP contribution in [0.5, 0.6) is 0 Å². The molecule has 0 aromatic carbocycles. The van der Waals surface area contributed by atoms with Gasteiger partial charge >= 0.3 is 0 Å². The second-order valence-corrected chi connectivity index (χ2v) is 8.60. The van der Waals surface area contributed by atoms with E-state index in [-0.39, 0.29) is 5.41 Å². The molecule has 1 fully saturated rings. The van der Waals surface area contributed by atoms with Crippen molar-refractivity contribution in [2.24, 2.45) is 10.9 Å². The van der Waals surface area contributed by atoms with E-state index in [9.17, 15) is 0 Å². The molecule has 6 nitrogen and oxygen atoms in total. The van der Waals surface area contributed by atoms with E-state index in [1.165, 1.54) is 32.1 Å². The number of nitrogens with one attached hydrogen (secondary N) is 2. The Hall–Kier alpha value is -1.56. The van der Waals surface area contributed by atoms with Gasteiger partial charge < -0.3 is 20.0 Å². The van der Waals surface area contributed by atoms with Gasteiger partial charge in [-0.3, -0.25) is 4.99 Å². The maximum absolute atomic E-state index is 5.84. The summed E-state index contributed by atoms with van der Waals surface area (Å²) >= 11 is 0. The summed E-state index contributed by atoms with van der Waals surface area (Å²) in [5.41, 5.74) is -0.0237. The van der Waals surface area contributed by atoms with E-state index in [4.69, 9.17) is 4.42 Å². The van der Waals surface area contributed by atoms with Gasteiger partial charge in [-0.05, 0) is 32.9 Å². The molecular weight excluding hydrogens is 326 g/mol. The van der Waals surface area contributed by atoms with Crippen molar-refractivity contribution in [2.45, 2.75) is 70.9 Å². The fourth-order valence-corrected chi connectivity index (χ4v) is 3.61. The van der Waals surface area contributed by atoms with Crippen molar-refractivity contribution in [2.75, 3.05) is 27.7 Å². The second-order valence-electron chi connectivity index (χ2n) is 8.60.